The van der Waals surface area contributed by atoms with Gasteiger partial charge in [0.1, 0.15) is 11.6 Å². The molecule has 1 saturated heterocycles. The van der Waals surface area contributed by atoms with Crippen molar-refractivity contribution in [2.45, 2.75) is 31.6 Å². The monoisotopic (exact) mass is 498 g/mol. The minimum Gasteiger partial charge on any atom is -0.425 e. The molecule has 0 bridgehead atoms. The summed E-state index contributed by atoms with van der Waals surface area (Å²) in [5.41, 5.74) is 2.81. The normalized spacial score (nSPS) is 18.7. The SMILES string of the molecule is CC(C)(CO)c1ccc(Oc2nc3nc(C4C=CC(N5CCOCC5)=CC4)c(Cl)cc3[nH]2)cc1F. The van der Waals surface area contributed by atoms with Gasteiger partial charge >= 0.3 is 6.01 Å². The van der Waals surface area contributed by atoms with Gasteiger partial charge < -0.3 is 24.5 Å². The molecule has 2 N–H and O–H groups in total. The van der Waals surface area contributed by atoms with Crippen LogP contribution >= 0.6 is 11.6 Å². The lowest BCUT2D eigenvalue weighted by Gasteiger charge is -2.31. The van der Waals surface area contributed by atoms with Crippen LogP contribution in [-0.4, -0.2) is 57.9 Å². The van der Waals surface area contributed by atoms with Gasteiger partial charge in [0.2, 0.25) is 0 Å². The number of H-pyrrole nitrogens is 1. The molecule has 1 aliphatic carbocycles. The number of hydrogen-bond acceptors (Lipinski definition) is 6. The number of nitrogens with zero attached hydrogens (tertiary/aromatic N) is 3. The molecule has 3 aromatic rings. The summed E-state index contributed by atoms with van der Waals surface area (Å²) < 4.78 is 25.8. The molecule has 1 fully saturated rings. The maximum absolute atomic E-state index is 14.6. The van der Waals surface area contributed by atoms with Gasteiger partial charge in [-0.2, -0.15) is 4.98 Å². The van der Waals surface area contributed by atoms with Crippen molar-refractivity contribution in [2.24, 2.45) is 0 Å². The first-order valence-corrected chi connectivity index (χ1v) is 12.1. The molecule has 35 heavy (non-hydrogen) atoms. The van der Waals surface area contributed by atoms with Gasteiger partial charge in [-0.15, -0.1) is 0 Å². The van der Waals surface area contributed by atoms with E-state index in [0.717, 1.165) is 38.4 Å². The number of allylic oxidation sites excluding steroid dienone is 3. The van der Waals surface area contributed by atoms with Crippen molar-refractivity contribution in [2.75, 3.05) is 32.9 Å². The average molecular weight is 499 g/mol. The number of hydrogen-bond donors (Lipinski definition) is 2. The number of fused-ring (bicyclic) bond motifs is 1. The van der Waals surface area contributed by atoms with Crippen LogP contribution in [0.15, 0.2) is 48.2 Å². The average Bonchev–Trinajstić information content (AvgIpc) is 3.25. The van der Waals surface area contributed by atoms with Crippen LogP contribution in [0, 0.1) is 5.82 Å². The number of aliphatic hydroxyl groups excluding tert-OH is 1. The van der Waals surface area contributed by atoms with Crippen LogP contribution in [0.5, 0.6) is 11.8 Å². The Morgan fingerprint density at radius 3 is 2.74 bits per heavy atom. The van der Waals surface area contributed by atoms with Crippen LogP contribution in [0.1, 0.15) is 37.4 Å². The van der Waals surface area contributed by atoms with Crippen LogP contribution in [0.4, 0.5) is 4.39 Å². The Morgan fingerprint density at radius 2 is 2.06 bits per heavy atom. The third-order valence-corrected chi connectivity index (χ3v) is 6.82. The van der Waals surface area contributed by atoms with Crippen molar-refractivity contribution >= 4 is 22.8 Å². The Balaban J connectivity index is 1.33. The van der Waals surface area contributed by atoms with Crippen LogP contribution in [0.2, 0.25) is 5.02 Å². The fourth-order valence-electron chi connectivity index (χ4n) is 4.39. The first-order valence-electron chi connectivity index (χ1n) is 11.7. The zero-order chi connectivity index (χ0) is 24.6. The molecule has 0 amide bonds. The second-order valence-corrected chi connectivity index (χ2v) is 9.89. The zero-order valence-electron chi connectivity index (χ0n) is 19.7. The van der Waals surface area contributed by atoms with E-state index < -0.39 is 11.2 Å². The van der Waals surface area contributed by atoms with Crippen molar-refractivity contribution in [1.82, 2.24) is 19.9 Å². The number of aromatic nitrogens is 3. The number of halogens is 2. The second kappa shape index (κ2) is 9.60. The van der Waals surface area contributed by atoms with E-state index in [2.05, 4.69) is 33.1 Å². The lowest BCUT2D eigenvalue weighted by Crippen LogP contribution is -2.35. The first-order chi connectivity index (χ1) is 16.8. The molecule has 1 atom stereocenters. The molecule has 0 spiro atoms. The Bertz CT molecular complexity index is 1300. The Labute approximate surface area is 208 Å². The molecule has 9 heteroatoms. The first kappa shape index (κ1) is 23.8. The standard InChI is InChI=1S/C26H28ClFN4O3/c1-26(2,15-33)19-8-7-18(13-21(19)28)35-25-29-22-14-20(27)23(30-24(22)31-25)16-3-5-17(6-4-16)32-9-11-34-12-10-32/h3,5-8,13-14,16,33H,4,9-12,15H2,1-2H3,(H,29,30,31). The molecule has 1 aromatic carbocycles. The lowest BCUT2D eigenvalue weighted by atomic mass is 9.85. The van der Waals surface area contributed by atoms with E-state index in [1.807, 2.05) is 0 Å². The molecule has 1 unspecified atom stereocenters. The van der Waals surface area contributed by atoms with Crippen LogP contribution in [0.3, 0.4) is 0 Å². The maximum atomic E-state index is 14.6. The minimum absolute atomic E-state index is 0.0503. The van der Waals surface area contributed by atoms with Crippen molar-refractivity contribution in [3.63, 3.8) is 0 Å². The number of aromatic amines is 1. The Morgan fingerprint density at radius 1 is 1.26 bits per heavy atom. The summed E-state index contributed by atoms with van der Waals surface area (Å²) in [6.07, 6.45) is 7.27. The van der Waals surface area contributed by atoms with Crippen LogP contribution < -0.4 is 4.74 Å². The van der Waals surface area contributed by atoms with Gasteiger partial charge in [-0.3, -0.25) is 0 Å². The van der Waals surface area contributed by atoms with E-state index in [-0.39, 0.29) is 18.5 Å². The highest BCUT2D eigenvalue weighted by Crippen LogP contribution is 2.34. The van der Waals surface area contributed by atoms with Crippen molar-refractivity contribution in [3.8, 4) is 11.8 Å². The van der Waals surface area contributed by atoms with Crippen molar-refractivity contribution in [1.29, 1.82) is 0 Å². The molecule has 0 radical (unpaired) electrons. The second-order valence-electron chi connectivity index (χ2n) is 9.48. The lowest BCUT2D eigenvalue weighted by molar-refractivity contribution is 0.0551. The molecule has 0 saturated carbocycles. The van der Waals surface area contributed by atoms with Gasteiger partial charge in [-0.05, 0) is 30.2 Å². The Kier molecular flexibility index (Phi) is 6.53. The van der Waals surface area contributed by atoms with E-state index in [1.165, 1.54) is 11.8 Å². The number of pyridine rings is 1. The summed E-state index contributed by atoms with van der Waals surface area (Å²) in [6, 6.07) is 6.55. The van der Waals surface area contributed by atoms with Gasteiger partial charge in [-0.1, -0.05) is 43.7 Å². The molecule has 7 nitrogen and oxygen atoms in total. The number of imidazole rings is 1. The zero-order valence-corrected chi connectivity index (χ0v) is 20.5. The van der Waals surface area contributed by atoms with E-state index in [0.29, 0.717) is 27.5 Å². The largest absolute Gasteiger partial charge is 0.425 e. The van der Waals surface area contributed by atoms with Gasteiger partial charge in [0.05, 0.1) is 36.1 Å². The van der Waals surface area contributed by atoms with E-state index >= 15 is 0 Å². The maximum Gasteiger partial charge on any atom is 0.301 e. The van der Waals surface area contributed by atoms with Gasteiger partial charge in [0.25, 0.3) is 0 Å². The molecule has 2 aromatic heterocycles. The third-order valence-electron chi connectivity index (χ3n) is 6.52. The van der Waals surface area contributed by atoms with E-state index in [4.69, 9.17) is 26.1 Å². The number of morpholine rings is 1. The predicted molar refractivity (Wildman–Crippen MR) is 132 cm³/mol. The summed E-state index contributed by atoms with van der Waals surface area (Å²) in [6.45, 7) is 6.68. The fourth-order valence-corrected chi connectivity index (χ4v) is 4.68. The molecular formula is C26H28ClFN4O3. The third kappa shape index (κ3) is 4.91. The number of rotatable bonds is 6. The summed E-state index contributed by atoms with van der Waals surface area (Å²) >= 11 is 6.58. The number of benzene rings is 1. The minimum atomic E-state index is -0.690. The van der Waals surface area contributed by atoms with Crippen molar-refractivity contribution in [3.05, 3.63) is 70.3 Å². The number of nitrogens with one attached hydrogen (secondary N) is 1. The van der Waals surface area contributed by atoms with Gasteiger partial charge in [0.15, 0.2) is 5.65 Å². The highest BCUT2D eigenvalue weighted by molar-refractivity contribution is 6.31. The predicted octanol–water partition coefficient (Wildman–Crippen LogP) is 5.07. The quantitative estimate of drug-likeness (QED) is 0.493. The van der Waals surface area contributed by atoms with Crippen molar-refractivity contribution < 1.29 is 19.0 Å². The summed E-state index contributed by atoms with van der Waals surface area (Å²) in [4.78, 5) is 14.5. The van der Waals surface area contributed by atoms with Gasteiger partial charge in [-0.25, -0.2) is 9.37 Å². The molecular weight excluding hydrogens is 471 g/mol. The summed E-state index contributed by atoms with van der Waals surface area (Å²) in [7, 11) is 0. The number of ether oxygens (including phenoxy) is 2. The van der Waals surface area contributed by atoms with E-state index in [1.54, 1.807) is 32.0 Å². The summed E-state index contributed by atoms with van der Waals surface area (Å²) in [5, 5.41) is 10.1. The highest BCUT2D eigenvalue weighted by atomic mass is 35.5. The molecule has 3 heterocycles. The smallest absolute Gasteiger partial charge is 0.301 e. The molecule has 184 valence electrons. The Hall–Kier alpha value is -2.94. The van der Waals surface area contributed by atoms with Gasteiger partial charge in [0, 0.05) is 36.2 Å². The van der Waals surface area contributed by atoms with E-state index in [9.17, 15) is 9.50 Å². The topological polar surface area (TPSA) is 83.5 Å². The molecule has 2 aliphatic rings. The molecule has 5 rings (SSSR count). The van der Waals surface area contributed by atoms with Crippen LogP contribution in [0.25, 0.3) is 11.2 Å². The fraction of sp³-hybridized carbons (Fsp3) is 0.385. The summed E-state index contributed by atoms with van der Waals surface area (Å²) in [5.74, 6) is -0.106. The highest BCUT2D eigenvalue weighted by Gasteiger charge is 2.24. The van der Waals surface area contributed by atoms with Crippen LogP contribution in [-0.2, 0) is 10.2 Å². The number of aliphatic hydroxyl groups is 1. The molecule has 1 aliphatic heterocycles.